The Morgan fingerprint density at radius 2 is 2.20 bits per heavy atom. The lowest BCUT2D eigenvalue weighted by atomic mass is 9.95. The first kappa shape index (κ1) is 8.61. The van der Waals surface area contributed by atoms with Crippen molar-refractivity contribution in [1.82, 2.24) is 15.0 Å². The van der Waals surface area contributed by atoms with Crippen molar-refractivity contribution in [2.45, 2.75) is 12.3 Å². The van der Waals surface area contributed by atoms with Crippen LogP contribution >= 0.6 is 0 Å². The second kappa shape index (κ2) is 3.17. The molecule has 1 aliphatic rings. The lowest BCUT2D eigenvalue weighted by molar-refractivity contribution is 0.281. The first-order valence-electron chi connectivity index (χ1n) is 5.02. The minimum Gasteiger partial charge on any atom is -0.396 e. The average Bonchev–Trinajstić information content (AvgIpc) is 2.82. The molecular formula is C11H11N3O. The maximum atomic E-state index is 9.07. The quantitative estimate of drug-likeness (QED) is 0.791. The number of aromatic nitrogens is 3. The number of aliphatic hydroxyl groups is 1. The highest BCUT2D eigenvalue weighted by molar-refractivity contribution is 5.51. The third-order valence-corrected chi connectivity index (χ3v) is 2.89. The Kier molecular flexibility index (Phi) is 1.82. The molecule has 0 aliphatic carbocycles. The van der Waals surface area contributed by atoms with E-state index in [1.54, 1.807) is 6.20 Å². The van der Waals surface area contributed by atoms with Crippen molar-refractivity contribution in [2.75, 3.05) is 6.61 Å². The van der Waals surface area contributed by atoms with E-state index in [1.807, 2.05) is 22.9 Å². The molecule has 0 saturated carbocycles. The van der Waals surface area contributed by atoms with Crippen LogP contribution < -0.4 is 0 Å². The Labute approximate surface area is 87.2 Å². The number of hydrogen-bond donors (Lipinski definition) is 1. The molecule has 4 heteroatoms. The van der Waals surface area contributed by atoms with Crippen LogP contribution in [0.3, 0.4) is 0 Å². The zero-order valence-corrected chi connectivity index (χ0v) is 8.17. The summed E-state index contributed by atoms with van der Waals surface area (Å²) in [6.45, 7) is 0.185. The number of fused-ring (bicyclic) bond motifs is 3. The van der Waals surface area contributed by atoms with Gasteiger partial charge in [-0.2, -0.15) is 0 Å². The number of nitrogens with zero attached hydrogens (tertiary/aromatic N) is 3. The van der Waals surface area contributed by atoms with Gasteiger partial charge in [-0.1, -0.05) is 23.4 Å². The first-order chi connectivity index (χ1) is 7.42. The molecule has 0 fully saturated rings. The van der Waals surface area contributed by atoms with Crippen LogP contribution in [0, 0.1) is 0 Å². The molecule has 0 saturated heterocycles. The third-order valence-electron chi connectivity index (χ3n) is 2.89. The zero-order valence-electron chi connectivity index (χ0n) is 8.17. The van der Waals surface area contributed by atoms with Crippen molar-refractivity contribution in [3.63, 3.8) is 0 Å². The molecule has 0 radical (unpaired) electrons. The van der Waals surface area contributed by atoms with E-state index >= 15 is 0 Å². The number of hydrogen-bond acceptors (Lipinski definition) is 3. The summed E-state index contributed by atoms with van der Waals surface area (Å²) in [5.74, 6) is 0.237. The minimum atomic E-state index is 0.185. The van der Waals surface area contributed by atoms with Crippen molar-refractivity contribution in [2.24, 2.45) is 0 Å². The molecule has 2 aromatic rings. The third kappa shape index (κ3) is 1.11. The van der Waals surface area contributed by atoms with Crippen LogP contribution in [0.1, 0.15) is 23.6 Å². The van der Waals surface area contributed by atoms with Gasteiger partial charge in [-0.3, -0.25) is 0 Å². The Bertz CT molecular complexity index is 492. The monoisotopic (exact) mass is 201 g/mol. The van der Waals surface area contributed by atoms with Gasteiger partial charge in [0.15, 0.2) is 0 Å². The van der Waals surface area contributed by atoms with E-state index in [4.69, 9.17) is 5.11 Å². The van der Waals surface area contributed by atoms with Gasteiger partial charge in [-0.15, -0.1) is 5.10 Å². The van der Waals surface area contributed by atoms with Crippen LogP contribution in [0.5, 0.6) is 0 Å². The predicted octanol–water partition coefficient (Wildman–Crippen LogP) is 1.09. The highest BCUT2D eigenvalue weighted by Crippen LogP contribution is 2.38. The van der Waals surface area contributed by atoms with Crippen LogP contribution in [0.15, 0.2) is 30.5 Å². The lowest BCUT2D eigenvalue weighted by Crippen LogP contribution is -1.99. The molecule has 1 aromatic heterocycles. The van der Waals surface area contributed by atoms with Crippen LogP contribution in [0.25, 0.3) is 5.69 Å². The van der Waals surface area contributed by atoms with Crippen molar-refractivity contribution in [3.8, 4) is 5.69 Å². The van der Waals surface area contributed by atoms with E-state index in [1.165, 1.54) is 5.56 Å². The van der Waals surface area contributed by atoms with E-state index < -0.39 is 0 Å². The summed E-state index contributed by atoms with van der Waals surface area (Å²) >= 11 is 0. The maximum absolute atomic E-state index is 9.07. The summed E-state index contributed by atoms with van der Waals surface area (Å²) < 4.78 is 1.86. The molecule has 1 atom stereocenters. The van der Waals surface area contributed by atoms with Gasteiger partial charge in [-0.25, -0.2) is 4.68 Å². The van der Waals surface area contributed by atoms with Gasteiger partial charge in [0, 0.05) is 12.5 Å². The second-order valence-corrected chi connectivity index (χ2v) is 3.69. The molecule has 0 amide bonds. The molecule has 1 aromatic carbocycles. The summed E-state index contributed by atoms with van der Waals surface area (Å²) in [6, 6.07) is 8.13. The highest BCUT2D eigenvalue weighted by Gasteiger charge is 2.29. The Morgan fingerprint density at radius 3 is 3.07 bits per heavy atom. The van der Waals surface area contributed by atoms with Crippen molar-refractivity contribution < 1.29 is 5.11 Å². The predicted molar refractivity (Wildman–Crippen MR) is 54.9 cm³/mol. The highest BCUT2D eigenvalue weighted by atomic mass is 16.3. The molecule has 15 heavy (non-hydrogen) atoms. The van der Waals surface area contributed by atoms with Crippen molar-refractivity contribution in [3.05, 3.63) is 41.7 Å². The van der Waals surface area contributed by atoms with Crippen LogP contribution in [0.4, 0.5) is 0 Å². The molecule has 1 N–H and O–H groups in total. The van der Waals surface area contributed by atoms with E-state index in [2.05, 4.69) is 16.4 Å². The fraction of sp³-hybridized carbons (Fsp3) is 0.273. The molecule has 76 valence electrons. The minimum absolute atomic E-state index is 0.185. The molecule has 3 rings (SSSR count). The molecular weight excluding hydrogens is 190 g/mol. The number of benzene rings is 1. The van der Waals surface area contributed by atoms with Gasteiger partial charge in [0.25, 0.3) is 0 Å². The lowest BCUT2D eigenvalue weighted by Gasteiger charge is -2.07. The van der Waals surface area contributed by atoms with E-state index in [0.29, 0.717) is 0 Å². The number of aliphatic hydroxyl groups excluding tert-OH is 1. The Balaban J connectivity index is 2.19. The molecule has 0 spiro atoms. The summed E-state index contributed by atoms with van der Waals surface area (Å²) in [7, 11) is 0. The van der Waals surface area contributed by atoms with Gasteiger partial charge in [-0.05, 0) is 18.1 Å². The van der Waals surface area contributed by atoms with E-state index in [9.17, 15) is 0 Å². The zero-order chi connectivity index (χ0) is 10.3. The summed E-state index contributed by atoms with van der Waals surface area (Å²) in [5.41, 5.74) is 3.39. The van der Waals surface area contributed by atoms with Gasteiger partial charge in [0.1, 0.15) is 0 Å². The summed E-state index contributed by atoms with van der Waals surface area (Å²) in [4.78, 5) is 0. The molecule has 2 heterocycles. The molecule has 1 aliphatic heterocycles. The van der Waals surface area contributed by atoms with Crippen molar-refractivity contribution >= 4 is 0 Å². The SMILES string of the molecule is OCCC1c2ccccc2-n2nncc21. The molecule has 1 unspecified atom stereocenters. The van der Waals surface area contributed by atoms with Gasteiger partial charge in [0.2, 0.25) is 0 Å². The Hall–Kier alpha value is -1.68. The van der Waals surface area contributed by atoms with Crippen LogP contribution in [0.2, 0.25) is 0 Å². The number of para-hydroxylation sites is 1. The molecule has 0 bridgehead atoms. The smallest absolute Gasteiger partial charge is 0.0736 e. The van der Waals surface area contributed by atoms with Crippen molar-refractivity contribution in [1.29, 1.82) is 0 Å². The first-order valence-corrected chi connectivity index (χ1v) is 5.02. The van der Waals surface area contributed by atoms with Gasteiger partial charge < -0.3 is 5.11 Å². The van der Waals surface area contributed by atoms with E-state index in [-0.39, 0.29) is 12.5 Å². The maximum Gasteiger partial charge on any atom is 0.0736 e. The Morgan fingerprint density at radius 1 is 1.33 bits per heavy atom. The fourth-order valence-electron chi connectivity index (χ4n) is 2.23. The fourth-order valence-corrected chi connectivity index (χ4v) is 2.23. The normalized spacial score (nSPS) is 17.5. The van der Waals surface area contributed by atoms with Crippen LogP contribution in [-0.4, -0.2) is 26.7 Å². The van der Waals surface area contributed by atoms with Gasteiger partial charge in [0.05, 0.1) is 17.6 Å². The largest absolute Gasteiger partial charge is 0.396 e. The number of rotatable bonds is 2. The molecule has 4 nitrogen and oxygen atoms in total. The van der Waals surface area contributed by atoms with Crippen LogP contribution in [-0.2, 0) is 0 Å². The van der Waals surface area contributed by atoms with Gasteiger partial charge >= 0.3 is 0 Å². The summed E-state index contributed by atoms with van der Waals surface area (Å²) in [5, 5.41) is 17.0. The average molecular weight is 201 g/mol. The van der Waals surface area contributed by atoms with E-state index in [0.717, 1.165) is 17.8 Å². The standard InChI is InChI=1S/C11H11N3O/c15-6-5-9-8-3-1-2-4-10(8)14-11(9)7-12-13-14/h1-4,7,9,15H,5-6H2. The topological polar surface area (TPSA) is 50.9 Å². The summed E-state index contributed by atoms with van der Waals surface area (Å²) in [6.07, 6.45) is 2.50. The second-order valence-electron chi connectivity index (χ2n) is 3.69.